The monoisotopic (exact) mass is 450 g/mol. The number of anilines is 1. The number of benzene rings is 2. The molecule has 0 saturated heterocycles. The molecular formula is C21H26N2O7S. The van der Waals surface area contributed by atoms with E-state index in [4.69, 9.17) is 18.9 Å². The zero-order valence-electron chi connectivity index (χ0n) is 17.8. The SMILES string of the molecule is COc1ccc(OC)c(N(C(C)C(=O)NCC2COc3ccccc3O2)S(C)(=O)=O)c1. The van der Waals surface area contributed by atoms with Crippen LogP contribution in [-0.2, 0) is 14.8 Å². The van der Waals surface area contributed by atoms with Gasteiger partial charge in [-0.2, -0.15) is 0 Å². The first kappa shape index (κ1) is 22.5. The average Bonchev–Trinajstić information content (AvgIpc) is 2.76. The van der Waals surface area contributed by atoms with Crippen molar-refractivity contribution in [1.29, 1.82) is 0 Å². The van der Waals surface area contributed by atoms with E-state index >= 15 is 0 Å². The van der Waals surface area contributed by atoms with Crippen molar-refractivity contribution in [3.8, 4) is 23.0 Å². The number of carbonyl (C=O) groups is 1. The molecular weight excluding hydrogens is 424 g/mol. The van der Waals surface area contributed by atoms with Gasteiger partial charge in [-0.05, 0) is 31.2 Å². The number of carbonyl (C=O) groups excluding carboxylic acids is 1. The highest BCUT2D eigenvalue weighted by Crippen LogP contribution is 2.35. The van der Waals surface area contributed by atoms with Gasteiger partial charge in [-0.15, -0.1) is 0 Å². The standard InChI is InChI=1S/C21H26N2O7S/c1-14(21(24)22-12-16-13-29-19-7-5-6-8-20(19)30-16)23(31(4,25)26)17-11-15(27-2)9-10-18(17)28-3/h5-11,14,16H,12-13H2,1-4H3,(H,22,24). The third-order valence-electron chi connectivity index (χ3n) is 4.78. The zero-order valence-corrected chi connectivity index (χ0v) is 18.6. The Bertz CT molecular complexity index is 1040. The van der Waals surface area contributed by atoms with Gasteiger partial charge in [0.25, 0.3) is 0 Å². The second-order valence-corrected chi connectivity index (χ2v) is 8.87. The molecule has 1 N–H and O–H groups in total. The van der Waals surface area contributed by atoms with Crippen LogP contribution < -0.4 is 28.6 Å². The van der Waals surface area contributed by atoms with Gasteiger partial charge < -0.3 is 24.3 Å². The van der Waals surface area contributed by atoms with Gasteiger partial charge in [0.1, 0.15) is 30.3 Å². The fourth-order valence-corrected chi connectivity index (χ4v) is 4.45. The number of methoxy groups -OCH3 is 2. The van der Waals surface area contributed by atoms with E-state index < -0.39 is 28.1 Å². The smallest absolute Gasteiger partial charge is 0.243 e. The summed E-state index contributed by atoms with van der Waals surface area (Å²) in [5.41, 5.74) is 0.207. The van der Waals surface area contributed by atoms with E-state index in [1.54, 1.807) is 24.3 Å². The molecule has 0 aromatic heterocycles. The Hall–Kier alpha value is -3.14. The number of sulfonamides is 1. The van der Waals surface area contributed by atoms with Gasteiger partial charge in [0.15, 0.2) is 11.5 Å². The van der Waals surface area contributed by atoms with Gasteiger partial charge >= 0.3 is 0 Å². The highest BCUT2D eigenvalue weighted by atomic mass is 32.2. The maximum atomic E-state index is 12.9. The molecule has 1 heterocycles. The molecule has 10 heteroatoms. The van der Waals surface area contributed by atoms with E-state index in [2.05, 4.69) is 5.32 Å². The molecule has 1 amide bonds. The van der Waals surface area contributed by atoms with Gasteiger partial charge in [0.2, 0.25) is 15.9 Å². The zero-order chi connectivity index (χ0) is 22.6. The molecule has 168 valence electrons. The molecule has 31 heavy (non-hydrogen) atoms. The fourth-order valence-electron chi connectivity index (χ4n) is 3.28. The van der Waals surface area contributed by atoms with Crippen LogP contribution in [0.4, 0.5) is 5.69 Å². The highest BCUT2D eigenvalue weighted by molar-refractivity contribution is 7.92. The van der Waals surface area contributed by atoms with E-state index in [9.17, 15) is 13.2 Å². The van der Waals surface area contributed by atoms with Crippen LogP contribution in [0.15, 0.2) is 42.5 Å². The summed E-state index contributed by atoms with van der Waals surface area (Å²) in [4.78, 5) is 12.9. The lowest BCUT2D eigenvalue weighted by atomic mass is 10.2. The maximum Gasteiger partial charge on any atom is 0.243 e. The second kappa shape index (κ2) is 9.34. The summed E-state index contributed by atoms with van der Waals surface area (Å²) in [6.45, 7) is 1.93. The Morgan fingerprint density at radius 3 is 2.55 bits per heavy atom. The predicted octanol–water partition coefficient (Wildman–Crippen LogP) is 1.81. The Morgan fingerprint density at radius 1 is 1.19 bits per heavy atom. The molecule has 2 aromatic carbocycles. The lowest BCUT2D eigenvalue weighted by Crippen LogP contribution is -2.50. The second-order valence-electron chi connectivity index (χ2n) is 7.02. The number of ether oxygens (including phenoxy) is 4. The normalized spacial score (nSPS) is 16.2. The Kier molecular flexibility index (Phi) is 6.79. The van der Waals surface area contributed by atoms with Crippen LogP contribution in [0.2, 0.25) is 0 Å². The summed E-state index contributed by atoms with van der Waals surface area (Å²) >= 11 is 0. The minimum Gasteiger partial charge on any atom is -0.497 e. The van der Waals surface area contributed by atoms with Crippen LogP contribution in [0, 0.1) is 0 Å². The van der Waals surface area contributed by atoms with Gasteiger partial charge in [-0.3, -0.25) is 9.10 Å². The number of hydrogen-bond acceptors (Lipinski definition) is 7. The Balaban J connectivity index is 1.75. The minimum atomic E-state index is -3.82. The van der Waals surface area contributed by atoms with Crippen molar-refractivity contribution in [2.24, 2.45) is 0 Å². The number of nitrogens with one attached hydrogen (secondary N) is 1. The quantitative estimate of drug-likeness (QED) is 0.654. The number of hydrogen-bond donors (Lipinski definition) is 1. The molecule has 3 rings (SSSR count). The summed E-state index contributed by atoms with van der Waals surface area (Å²) in [5, 5.41) is 2.75. The van der Waals surface area contributed by atoms with Crippen molar-refractivity contribution < 1.29 is 32.2 Å². The number of fused-ring (bicyclic) bond motifs is 1. The minimum absolute atomic E-state index is 0.157. The lowest BCUT2D eigenvalue weighted by Gasteiger charge is -2.31. The number of rotatable bonds is 8. The van der Waals surface area contributed by atoms with E-state index in [-0.39, 0.29) is 18.8 Å². The Labute approximate surface area is 181 Å². The first-order valence-electron chi connectivity index (χ1n) is 9.62. The van der Waals surface area contributed by atoms with Crippen molar-refractivity contribution in [3.63, 3.8) is 0 Å². The van der Waals surface area contributed by atoms with Crippen LogP contribution in [-0.4, -0.2) is 60.1 Å². The summed E-state index contributed by atoms with van der Waals surface area (Å²) in [5.74, 6) is 1.49. The average molecular weight is 451 g/mol. The topological polar surface area (TPSA) is 103 Å². The van der Waals surface area contributed by atoms with E-state index in [0.29, 0.717) is 23.0 Å². The summed E-state index contributed by atoms with van der Waals surface area (Å²) in [6.07, 6.45) is 0.633. The van der Waals surface area contributed by atoms with Crippen LogP contribution in [0.3, 0.4) is 0 Å². The molecule has 0 radical (unpaired) electrons. The van der Waals surface area contributed by atoms with E-state index in [0.717, 1.165) is 10.6 Å². The lowest BCUT2D eigenvalue weighted by molar-refractivity contribution is -0.122. The largest absolute Gasteiger partial charge is 0.497 e. The van der Waals surface area contributed by atoms with Gasteiger partial charge in [-0.1, -0.05) is 12.1 Å². The van der Waals surface area contributed by atoms with Crippen molar-refractivity contribution in [2.75, 3.05) is 37.9 Å². The van der Waals surface area contributed by atoms with Gasteiger partial charge in [-0.25, -0.2) is 8.42 Å². The van der Waals surface area contributed by atoms with Crippen molar-refractivity contribution >= 4 is 21.6 Å². The summed E-state index contributed by atoms with van der Waals surface area (Å²) in [6, 6.07) is 11.0. The molecule has 0 fully saturated rings. The molecule has 0 bridgehead atoms. The molecule has 2 atom stereocenters. The maximum absolute atomic E-state index is 12.9. The highest BCUT2D eigenvalue weighted by Gasteiger charge is 2.32. The van der Waals surface area contributed by atoms with Crippen LogP contribution >= 0.6 is 0 Å². The first-order valence-corrected chi connectivity index (χ1v) is 11.5. The van der Waals surface area contributed by atoms with Crippen molar-refractivity contribution in [1.82, 2.24) is 5.32 Å². The first-order chi connectivity index (χ1) is 14.7. The third kappa shape index (κ3) is 5.13. The molecule has 2 unspecified atom stereocenters. The molecule has 9 nitrogen and oxygen atoms in total. The van der Waals surface area contributed by atoms with Crippen LogP contribution in [0.25, 0.3) is 0 Å². The predicted molar refractivity (Wildman–Crippen MR) is 116 cm³/mol. The number of nitrogens with zero attached hydrogens (tertiary/aromatic N) is 1. The fraction of sp³-hybridized carbons (Fsp3) is 0.381. The third-order valence-corrected chi connectivity index (χ3v) is 6.01. The van der Waals surface area contributed by atoms with Crippen molar-refractivity contribution in [3.05, 3.63) is 42.5 Å². The molecule has 1 aliphatic heterocycles. The summed E-state index contributed by atoms with van der Waals surface area (Å²) in [7, 11) is -0.927. The summed E-state index contributed by atoms with van der Waals surface area (Å²) < 4.78 is 48.2. The molecule has 0 aliphatic carbocycles. The number of para-hydroxylation sites is 2. The Morgan fingerprint density at radius 2 is 1.90 bits per heavy atom. The van der Waals surface area contributed by atoms with Crippen LogP contribution in [0.5, 0.6) is 23.0 Å². The van der Waals surface area contributed by atoms with Crippen molar-refractivity contribution in [2.45, 2.75) is 19.1 Å². The van der Waals surface area contributed by atoms with E-state index in [1.165, 1.54) is 27.2 Å². The van der Waals surface area contributed by atoms with Crippen LogP contribution in [0.1, 0.15) is 6.92 Å². The molecule has 2 aromatic rings. The van der Waals surface area contributed by atoms with Gasteiger partial charge in [0, 0.05) is 6.07 Å². The number of amides is 1. The van der Waals surface area contributed by atoms with Gasteiger partial charge in [0.05, 0.1) is 32.7 Å². The molecule has 0 spiro atoms. The van der Waals surface area contributed by atoms with E-state index in [1.807, 2.05) is 12.1 Å². The molecule has 1 aliphatic rings. The molecule has 0 saturated carbocycles.